The van der Waals surface area contributed by atoms with E-state index in [2.05, 4.69) is 25.4 Å². The van der Waals surface area contributed by atoms with Gasteiger partial charge in [0.1, 0.15) is 16.5 Å². The summed E-state index contributed by atoms with van der Waals surface area (Å²) in [5, 5.41) is 12.1. The fourth-order valence-corrected chi connectivity index (χ4v) is 3.51. The Hall–Kier alpha value is -2.45. The van der Waals surface area contributed by atoms with Crippen molar-refractivity contribution in [3.63, 3.8) is 0 Å². The third-order valence-electron chi connectivity index (χ3n) is 3.58. The maximum atomic E-state index is 5.45. The molecule has 0 atom stereocenters. The highest BCUT2D eigenvalue weighted by atomic mass is 32.1. The van der Waals surface area contributed by atoms with Gasteiger partial charge in [0.05, 0.1) is 19.4 Å². The summed E-state index contributed by atoms with van der Waals surface area (Å²) in [4.78, 5) is 11.4. The van der Waals surface area contributed by atoms with Gasteiger partial charge < -0.3 is 15.0 Å². The van der Waals surface area contributed by atoms with Gasteiger partial charge in [0.15, 0.2) is 5.13 Å². The van der Waals surface area contributed by atoms with E-state index in [4.69, 9.17) is 9.72 Å². The van der Waals surface area contributed by atoms with Crippen molar-refractivity contribution < 1.29 is 4.74 Å². The molecule has 23 heavy (non-hydrogen) atoms. The molecule has 3 aromatic rings. The lowest BCUT2D eigenvalue weighted by Crippen LogP contribution is -2.35. The Labute approximate surface area is 137 Å². The van der Waals surface area contributed by atoms with Crippen LogP contribution >= 0.6 is 11.3 Å². The van der Waals surface area contributed by atoms with Gasteiger partial charge in [-0.2, -0.15) is 5.10 Å². The van der Waals surface area contributed by atoms with Crippen LogP contribution in [0.1, 0.15) is 0 Å². The number of hydrogen-bond acceptors (Lipinski definition) is 7. The first kappa shape index (κ1) is 14.2. The highest BCUT2D eigenvalue weighted by molar-refractivity contribution is 7.20. The molecule has 0 saturated carbocycles. The summed E-state index contributed by atoms with van der Waals surface area (Å²) in [6.45, 7) is 3.23. The summed E-state index contributed by atoms with van der Waals surface area (Å²) >= 11 is 1.63. The first-order valence-corrected chi connectivity index (χ1v) is 8.22. The zero-order valence-electron chi connectivity index (χ0n) is 12.4. The summed E-state index contributed by atoms with van der Waals surface area (Å²) in [7, 11) is 0. The van der Waals surface area contributed by atoms with E-state index in [-0.39, 0.29) is 0 Å². The number of hydrogen-bond donors (Lipinski definition) is 2. The van der Waals surface area contributed by atoms with Crippen LogP contribution in [-0.4, -0.2) is 46.5 Å². The fourth-order valence-electron chi connectivity index (χ4n) is 2.46. The van der Waals surface area contributed by atoms with Gasteiger partial charge in [0, 0.05) is 31.0 Å². The highest BCUT2D eigenvalue weighted by Crippen LogP contribution is 2.39. The molecule has 118 valence electrons. The Morgan fingerprint density at radius 3 is 2.91 bits per heavy atom. The number of pyridine rings is 1. The van der Waals surface area contributed by atoms with E-state index in [1.165, 1.54) is 0 Å². The van der Waals surface area contributed by atoms with Gasteiger partial charge in [0.2, 0.25) is 0 Å². The number of anilines is 3. The molecular weight excluding hydrogens is 312 g/mol. The number of nitrogens with one attached hydrogen (secondary N) is 2. The van der Waals surface area contributed by atoms with Crippen LogP contribution in [0.4, 0.5) is 16.0 Å². The molecule has 1 aliphatic rings. The highest BCUT2D eigenvalue weighted by Gasteiger charge is 2.21. The second-order valence-electron chi connectivity index (χ2n) is 5.10. The standard InChI is InChI=1S/C15H16N6OS/c1-2-4-16-12(3-1)19-15-20-13(11-9-17-18-10-11)14(23-15)21-5-7-22-8-6-21/h1-4,9-10H,5-8H2,(H,17,18)(H,16,19,20). The van der Waals surface area contributed by atoms with Crippen molar-refractivity contribution in [2.75, 3.05) is 36.5 Å². The Morgan fingerprint density at radius 2 is 2.17 bits per heavy atom. The number of ether oxygens (including phenoxy) is 1. The number of nitrogens with zero attached hydrogens (tertiary/aromatic N) is 4. The minimum Gasteiger partial charge on any atom is -0.378 e. The van der Waals surface area contributed by atoms with E-state index >= 15 is 0 Å². The van der Waals surface area contributed by atoms with Crippen LogP contribution in [0.15, 0.2) is 36.8 Å². The van der Waals surface area contributed by atoms with Crippen LogP contribution in [0.3, 0.4) is 0 Å². The summed E-state index contributed by atoms with van der Waals surface area (Å²) < 4.78 is 5.45. The maximum Gasteiger partial charge on any atom is 0.190 e. The second-order valence-corrected chi connectivity index (χ2v) is 6.08. The van der Waals surface area contributed by atoms with E-state index < -0.39 is 0 Å². The van der Waals surface area contributed by atoms with Crippen LogP contribution in [0.2, 0.25) is 0 Å². The van der Waals surface area contributed by atoms with E-state index in [1.807, 2.05) is 24.4 Å². The van der Waals surface area contributed by atoms with Gasteiger partial charge in [-0.1, -0.05) is 17.4 Å². The lowest BCUT2D eigenvalue weighted by atomic mass is 10.2. The number of aromatic amines is 1. The summed E-state index contributed by atoms with van der Waals surface area (Å²) in [5.74, 6) is 0.786. The summed E-state index contributed by atoms with van der Waals surface area (Å²) in [6.07, 6.45) is 5.42. The number of rotatable bonds is 4. The number of H-pyrrole nitrogens is 1. The Bertz CT molecular complexity index is 752. The molecule has 8 heteroatoms. The van der Waals surface area contributed by atoms with Crippen molar-refractivity contribution in [3.8, 4) is 11.3 Å². The smallest absolute Gasteiger partial charge is 0.190 e. The van der Waals surface area contributed by atoms with Gasteiger partial charge in [-0.3, -0.25) is 5.10 Å². The van der Waals surface area contributed by atoms with Crippen molar-refractivity contribution >= 4 is 27.3 Å². The van der Waals surface area contributed by atoms with Gasteiger partial charge in [0.25, 0.3) is 0 Å². The van der Waals surface area contributed by atoms with E-state index in [0.29, 0.717) is 0 Å². The zero-order valence-corrected chi connectivity index (χ0v) is 13.2. The molecule has 3 aromatic heterocycles. The van der Waals surface area contributed by atoms with Crippen LogP contribution in [-0.2, 0) is 4.74 Å². The molecule has 0 radical (unpaired) electrons. The largest absolute Gasteiger partial charge is 0.378 e. The fraction of sp³-hybridized carbons (Fsp3) is 0.267. The van der Waals surface area contributed by atoms with E-state index in [9.17, 15) is 0 Å². The van der Waals surface area contributed by atoms with Crippen LogP contribution in [0.25, 0.3) is 11.3 Å². The molecule has 1 saturated heterocycles. The van der Waals surface area contributed by atoms with Gasteiger partial charge >= 0.3 is 0 Å². The Morgan fingerprint density at radius 1 is 1.26 bits per heavy atom. The molecule has 0 aromatic carbocycles. The third-order valence-corrected chi connectivity index (χ3v) is 4.61. The molecule has 0 spiro atoms. The number of aromatic nitrogens is 4. The molecule has 7 nitrogen and oxygen atoms in total. The minimum absolute atomic E-state index is 0.742. The van der Waals surface area contributed by atoms with Crippen molar-refractivity contribution in [1.82, 2.24) is 20.2 Å². The topological polar surface area (TPSA) is 79.0 Å². The lowest BCUT2D eigenvalue weighted by molar-refractivity contribution is 0.123. The summed E-state index contributed by atoms with van der Waals surface area (Å²) in [5.41, 5.74) is 1.92. The number of thiazole rings is 1. The molecule has 0 bridgehead atoms. The molecule has 1 aliphatic heterocycles. The monoisotopic (exact) mass is 328 g/mol. The van der Waals surface area contributed by atoms with Gasteiger partial charge in [-0.25, -0.2) is 9.97 Å². The average Bonchev–Trinajstić information content (AvgIpc) is 3.26. The predicted molar refractivity (Wildman–Crippen MR) is 90.2 cm³/mol. The van der Waals surface area contributed by atoms with Crippen LogP contribution < -0.4 is 10.2 Å². The third kappa shape index (κ3) is 3.03. The van der Waals surface area contributed by atoms with Crippen molar-refractivity contribution in [2.24, 2.45) is 0 Å². The van der Waals surface area contributed by atoms with Gasteiger partial charge in [-0.15, -0.1) is 0 Å². The van der Waals surface area contributed by atoms with E-state index in [1.54, 1.807) is 23.7 Å². The first-order chi connectivity index (χ1) is 11.4. The van der Waals surface area contributed by atoms with E-state index in [0.717, 1.165) is 53.5 Å². The molecule has 0 aliphatic carbocycles. The number of morpholine rings is 1. The SMILES string of the molecule is c1ccc(Nc2nc(-c3cn[nH]c3)c(N3CCOCC3)s2)nc1. The predicted octanol–water partition coefficient (Wildman–Crippen LogP) is 2.51. The van der Waals surface area contributed by atoms with Crippen molar-refractivity contribution in [3.05, 3.63) is 36.8 Å². The molecule has 2 N–H and O–H groups in total. The lowest BCUT2D eigenvalue weighted by Gasteiger charge is -2.27. The molecule has 4 heterocycles. The first-order valence-electron chi connectivity index (χ1n) is 7.41. The Balaban J connectivity index is 1.68. The maximum absolute atomic E-state index is 5.45. The molecular formula is C15H16N6OS. The zero-order chi connectivity index (χ0) is 15.5. The molecule has 0 amide bonds. The Kier molecular flexibility index (Phi) is 3.91. The average molecular weight is 328 g/mol. The summed E-state index contributed by atoms with van der Waals surface area (Å²) in [6, 6.07) is 5.76. The second kappa shape index (κ2) is 6.35. The molecule has 0 unspecified atom stereocenters. The quantitative estimate of drug-likeness (QED) is 0.766. The van der Waals surface area contributed by atoms with Crippen LogP contribution in [0.5, 0.6) is 0 Å². The van der Waals surface area contributed by atoms with Crippen molar-refractivity contribution in [1.29, 1.82) is 0 Å². The molecule has 1 fully saturated rings. The normalized spacial score (nSPS) is 14.9. The molecule has 4 rings (SSSR count). The van der Waals surface area contributed by atoms with Crippen molar-refractivity contribution in [2.45, 2.75) is 0 Å². The minimum atomic E-state index is 0.742. The van der Waals surface area contributed by atoms with Crippen LogP contribution in [0, 0.1) is 0 Å². The van der Waals surface area contributed by atoms with Gasteiger partial charge in [-0.05, 0) is 12.1 Å².